The van der Waals surface area contributed by atoms with E-state index in [1.807, 2.05) is 24.3 Å². The van der Waals surface area contributed by atoms with Gasteiger partial charge < -0.3 is 14.8 Å². The van der Waals surface area contributed by atoms with Crippen LogP contribution in [0.5, 0.6) is 0 Å². The van der Waals surface area contributed by atoms with E-state index in [-0.39, 0.29) is 36.5 Å². The van der Waals surface area contributed by atoms with Crippen LogP contribution in [0.25, 0.3) is 11.0 Å². The predicted molar refractivity (Wildman–Crippen MR) is 111 cm³/mol. The van der Waals surface area contributed by atoms with Gasteiger partial charge in [-0.1, -0.05) is 12.1 Å². The Morgan fingerprint density at radius 2 is 1.97 bits per heavy atom. The molecule has 2 aromatic carbocycles. The summed E-state index contributed by atoms with van der Waals surface area (Å²) in [6.45, 7) is 0.246. The molecule has 9 heteroatoms. The first-order valence-corrected chi connectivity index (χ1v) is 9.93. The molecule has 0 bridgehead atoms. The first-order chi connectivity index (χ1) is 14.9. The minimum atomic E-state index is -0.671. The third-order valence-corrected chi connectivity index (χ3v) is 5.77. The summed E-state index contributed by atoms with van der Waals surface area (Å²) in [5.74, 6) is -1.10. The molecule has 0 aliphatic carbocycles. The number of para-hydroxylation sites is 2. The van der Waals surface area contributed by atoms with Crippen LogP contribution in [0, 0.1) is 0 Å². The summed E-state index contributed by atoms with van der Waals surface area (Å²) >= 11 is 0. The summed E-state index contributed by atoms with van der Waals surface area (Å²) in [6, 6.07) is 11.9. The van der Waals surface area contributed by atoms with Crippen LogP contribution in [0.1, 0.15) is 39.4 Å². The van der Waals surface area contributed by atoms with Gasteiger partial charge in [0.05, 0.1) is 11.0 Å². The second-order valence-electron chi connectivity index (χ2n) is 7.71. The quantitative estimate of drug-likeness (QED) is 0.629. The number of nitrogens with zero attached hydrogens (tertiary/aromatic N) is 3. The number of benzene rings is 2. The standard InChI is InChI=1S/C22H19N5O4/c1-26-16-5-3-2-4-15(16)24-19(26)21(30)23-13-6-7-14-12(10-13)11-27(22(14)31)17-8-9-18(28)25-20(17)29/h2-7,10,17H,8-9,11H2,1H3,(H,23,30)(H,25,28,29). The van der Waals surface area contributed by atoms with Gasteiger partial charge in [0.1, 0.15) is 6.04 Å². The Morgan fingerprint density at radius 3 is 2.74 bits per heavy atom. The summed E-state index contributed by atoms with van der Waals surface area (Å²) in [7, 11) is 1.78. The molecule has 9 nitrogen and oxygen atoms in total. The van der Waals surface area contributed by atoms with Crippen LogP contribution in [0.15, 0.2) is 42.5 Å². The highest BCUT2D eigenvalue weighted by molar-refractivity contribution is 6.07. The number of imide groups is 1. The molecule has 1 saturated heterocycles. The molecule has 1 aromatic heterocycles. The second-order valence-corrected chi connectivity index (χ2v) is 7.71. The zero-order valence-electron chi connectivity index (χ0n) is 16.7. The number of carbonyl (C=O) groups is 4. The highest BCUT2D eigenvalue weighted by atomic mass is 16.2. The summed E-state index contributed by atoms with van der Waals surface area (Å²) < 4.78 is 1.73. The van der Waals surface area contributed by atoms with Crippen molar-refractivity contribution >= 4 is 40.3 Å². The van der Waals surface area contributed by atoms with Crippen LogP contribution in [0.4, 0.5) is 5.69 Å². The monoisotopic (exact) mass is 417 g/mol. The van der Waals surface area contributed by atoms with Gasteiger partial charge in [-0.15, -0.1) is 0 Å². The Balaban J connectivity index is 1.36. The molecule has 3 heterocycles. The molecule has 1 fully saturated rings. The number of nitrogens with one attached hydrogen (secondary N) is 2. The van der Waals surface area contributed by atoms with E-state index in [1.54, 1.807) is 29.8 Å². The number of fused-ring (bicyclic) bond motifs is 2. The molecular formula is C22H19N5O4. The van der Waals surface area contributed by atoms with Crippen molar-refractivity contribution in [1.82, 2.24) is 19.8 Å². The number of carbonyl (C=O) groups excluding carboxylic acids is 4. The van der Waals surface area contributed by atoms with Crippen LogP contribution < -0.4 is 10.6 Å². The fourth-order valence-corrected chi connectivity index (χ4v) is 4.19. The molecule has 4 amide bonds. The molecule has 31 heavy (non-hydrogen) atoms. The molecule has 2 aliphatic heterocycles. The average Bonchev–Trinajstić information content (AvgIpc) is 3.25. The van der Waals surface area contributed by atoms with Crippen molar-refractivity contribution in [3.05, 3.63) is 59.4 Å². The molecule has 0 spiro atoms. The van der Waals surface area contributed by atoms with Gasteiger partial charge in [-0.3, -0.25) is 24.5 Å². The highest BCUT2D eigenvalue weighted by Crippen LogP contribution is 2.29. The average molecular weight is 417 g/mol. The van der Waals surface area contributed by atoms with E-state index in [0.717, 1.165) is 16.6 Å². The molecule has 1 atom stereocenters. The molecule has 156 valence electrons. The zero-order chi connectivity index (χ0) is 21.7. The van der Waals surface area contributed by atoms with E-state index in [9.17, 15) is 19.2 Å². The van der Waals surface area contributed by atoms with E-state index in [2.05, 4.69) is 15.6 Å². The Labute approximate surface area is 177 Å². The number of anilines is 1. The number of imidazole rings is 1. The molecule has 2 N–H and O–H groups in total. The van der Waals surface area contributed by atoms with Crippen molar-refractivity contribution in [2.45, 2.75) is 25.4 Å². The lowest BCUT2D eigenvalue weighted by molar-refractivity contribution is -0.136. The van der Waals surface area contributed by atoms with Gasteiger partial charge in [0.15, 0.2) is 5.82 Å². The molecular weight excluding hydrogens is 398 g/mol. The van der Waals surface area contributed by atoms with E-state index in [1.165, 1.54) is 4.90 Å². The first-order valence-electron chi connectivity index (χ1n) is 9.93. The number of aryl methyl sites for hydroxylation is 1. The molecule has 0 saturated carbocycles. The highest BCUT2D eigenvalue weighted by Gasteiger charge is 2.39. The van der Waals surface area contributed by atoms with E-state index < -0.39 is 11.9 Å². The number of aromatic nitrogens is 2. The SMILES string of the molecule is Cn1c(C(=O)Nc2ccc3c(c2)CN(C2CCC(=O)NC2=O)C3=O)nc2ccccc21. The minimum absolute atomic E-state index is 0.204. The lowest BCUT2D eigenvalue weighted by Gasteiger charge is -2.29. The number of hydrogen-bond acceptors (Lipinski definition) is 5. The lowest BCUT2D eigenvalue weighted by atomic mass is 10.0. The fourth-order valence-electron chi connectivity index (χ4n) is 4.19. The molecule has 0 radical (unpaired) electrons. The van der Waals surface area contributed by atoms with Gasteiger partial charge in [-0.25, -0.2) is 4.98 Å². The van der Waals surface area contributed by atoms with E-state index in [0.29, 0.717) is 17.7 Å². The molecule has 2 aliphatic rings. The lowest BCUT2D eigenvalue weighted by Crippen LogP contribution is -2.52. The summed E-state index contributed by atoms with van der Waals surface area (Å²) in [5.41, 5.74) is 3.33. The normalized spacial score (nSPS) is 18.3. The van der Waals surface area contributed by atoms with Gasteiger partial charge >= 0.3 is 0 Å². The van der Waals surface area contributed by atoms with Crippen molar-refractivity contribution in [3.8, 4) is 0 Å². The van der Waals surface area contributed by atoms with Crippen molar-refractivity contribution in [3.63, 3.8) is 0 Å². The van der Waals surface area contributed by atoms with Crippen molar-refractivity contribution in [2.75, 3.05) is 5.32 Å². The molecule has 5 rings (SSSR count). The number of piperidine rings is 1. The summed E-state index contributed by atoms with van der Waals surface area (Å²) in [5, 5.41) is 5.12. The first kappa shape index (κ1) is 19.0. The third kappa shape index (κ3) is 3.14. The topological polar surface area (TPSA) is 113 Å². The Morgan fingerprint density at radius 1 is 1.16 bits per heavy atom. The van der Waals surface area contributed by atoms with Crippen molar-refractivity contribution in [1.29, 1.82) is 0 Å². The third-order valence-electron chi connectivity index (χ3n) is 5.77. The minimum Gasteiger partial charge on any atom is -0.323 e. The maximum atomic E-state index is 12.8. The van der Waals surface area contributed by atoms with Crippen molar-refractivity contribution in [2.24, 2.45) is 7.05 Å². The van der Waals surface area contributed by atoms with Crippen LogP contribution in [0.2, 0.25) is 0 Å². The van der Waals surface area contributed by atoms with Gasteiger partial charge in [0.25, 0.3) is 11.8 Å². The fraction of sp³-hybridized carbons (Fsp3) is 0.227. The van der Waals surface area contributed by atoms with Crippen LogP contribution >= 0.6 is 0 Å². The maximum absolute atomic E-state index is 12.8. The Hall–Kier alpha value is -4.01. The van der Waals surface area contributed by atoms with Crippen molar-refractivity contribution < 1.29 is 19.2 Å². The number of rotatable bonds is 3. The smallest absolute Gasteiger partial charge is 0.291 e. The largest absolute Gasteiger partial charge is 0.323 e. The molecule has 1 unspecified atom stereocenters. The maximum Gasteiger partial charge on any atom is 0.291 e. The Bertz CT molecular complexity index is 1280. The van der Waals surface area contributed by atoms with Gasteiger partial charge in [0.2, 0.25) is 11.8 Å². The summed E-state index contributed by atoms with van der Waals surface area (Å²) in [4.78, 5) is 55.0. The van der Waals surface area contributed by atoms with Crippen LogP contribution in [-0.4, -0.2) is 44.1 Å². The summed E-state index contributed by atoms with van der Waals surface area (Å²) in [6.07, 6.45) is 0.510. The Kier molecular flexibility index (Phi) is 4.32. The van der Waals surface area contributed by atoms with E-state index >= 15 is 0 Å². The second kappa shape index (κ2) is 7.05. The molecule has 3 aromatic rings. The van der Waals surface area contributed by atoms with E-state index in [4.69, 9.17) is 0 Å². The number of hydrogen-bond donors (Lipinski definition) is 2. The van der Waals surface area contributed by atoms with Gasteiger partial charge in [-0.05, 0) is 42.3 Å². The zero-order valence-corrected chi connectivity index (χ0v) is 16.7. The van der Waals surface area contributed by atoms with Gasteiger partial charge in [0, 0.05) is 31.3 Å². The van der Waals surface area contributed by atoms with Crippen LogP contribution in [-0.2, 0) is 23.2 Å². The number of amides is 4. The van der Waals surface area contributed by atoms with Crippen LogP contribution in [0.3, 0.4) is 0 Å². The predicted octanol–water partition coefficient (Wildman–Crippen LogP) is 1.59. The van der Waals surface area contributed by atoms with Gasteiger partial charge in [-0.2, -0.15) is 0 Å².